The van der Waals surface area contributed by atoms with Gasteiger partial charge in [0, 0.05) is 19.0 Å². The van der Waals surface area contributed by atoms with Gasteiger partial charge in [-0.05, 0) is 25.2 Å². The first-order chi connectivity index (χ1) is 9.21. The van der Waals surface area contributed by atoms with Gasteiger partial charge in [0.15, 0.2) is 9.84 Å². The van der Waals surface area contributed by atoms with E-state index in [1.807, 2.05) is 0 Å². The smallest absolute Gasteiger partial charge is 0.308 e. The monoisotopic (exact) mass is 303 g/mol. The van der Waals surface area contributed by atoms with Crippen molar-refractivity contribution in [2.45, 2.75) is 32.7 Å². The Morgan fingerprint density at radius 1 is 1.40 bits per heavy atom. The van der Waals surface area contributed by atoms with E-state index in [9.17, 15) is 23.1 Å². The van der Waals surface area contributed by atoms with Gasteiger partial charge in [-0.1, -0.05) is 6.92 Å². The van der Waals surface area contributed by atoms with Crippen LogP contribution in [0.1, 0.15) is 26.7 Å². The number of carboxylic acid groups (broad SMARTS) is 1. The summed E-state index contributed by atoms with van der Waals surface area (Å²) < 4.78 is 22.9. The van der Waals surface area contributed by atoms with Crippen molar-refractivity contribution in [2.24, 2.45) is 17.8 Å². The molecule has 0 saturated carbocycles. The highest BCUT2D eigenvalue weighted by molar-refractivity contribution is 7.91. The number of sulfone groups is 1. The fourth-order valence-electron chi connectivity index (χ4n) is 3.43. The van der Waals surface area contributed by atoms with E-state index in [0.29, 0.717) is 13.0 Å². The molecule has 2 aliphatic heterocycles. The van der Waals surface area contributed by atoms with Crippen LogP contribution in [0.3, 0.4) is 0 Å². The molecule has 4 unspecified atom stereocenters. The number of amides is 1. The lowest BCUT2D eigenvalue weighted by atomic mass is 9.80. The molecule has 1 amide bonds. The van der Waals surface area contributed by atoms with E-state index < -0.39 is 21.7 Å². The first-order valence-electron chi connectivity index (χ1n) is 6.94. The summed E-state index contributed by atoms with van der Waals surface area (Å²) in [5.41, 5.74) is 0. The maximum Gasteiger partial charge on any atom is 0.308 e. The minimum Gasteiger partial charge on any atom is -0.481 e. The summed E-state index contributed by atoms with van der Waals surface area (Å²) >= 11 is 0. The standard InChI is InChI=1S/C13H21NO5S/c1-8-5-11(15)14(9(2)12(8)13(16)17)6-10-3-4-20(18,19)7-10/h8-10,12H,3-7H2,1-2H3,(H,16,17). The molecule has 2 saturated heterocycles. The number of hydrogen-bond acceptors (Lipinski definition) is 4. The molecule has 0 spiro atoms. The predicted molar refractivity (Wildman–Crippen MR) is 72.8 cm³/mol. The molecule has 0 aliphatic carbocycles. The van der Waals surface area contributed by atoms with Gasteiger partial charge in [0.2, 0.25) is 5.91 Å². The summed E-state index contributed by atoms with van der Waals surface area (Å²) in [6.07, 6.45) is 0.785. The average Bonchev–Trinajstić information content (AvgIpc) is 2.63. The summed E-state index contributed by atoms with van der Waals surface area (Å²) in [5, 5.41) is 9.29. The average molecular weight is 303 g/mol. The molecule has 0 bridgehead atoms. The maximum atomic E-state index is 12.1. The minimum atomic E-state index is -2.98. The number of piperidine rings is 1. The van der Waals surface area contributed by atoms with Gasteiger partial charge >= 0.3 is 5.97 Å². The van der Waals surface area contributed by atoms with Gasteiger partial charge < -0.3 is 10.0 Å². The number of nitrogens with zero attached hydrogens (tertiary/aromatic N) is 1. The number of aliphatic carboxylic acids is 1. The SMILES string of the molecule is CC1CC(=O)N(CC2CCS(=O)(=O)C2)C(C)C1C(=O)O. The number of carbonyl (C=O) groups is 2. The number of carbonyl (C=O) groups excluding carboxylic acids is 1. The Hall–Kier alpha value is -1.11. The van der Waals surface area contributed by atoms with Crippen LogP contribution >= 0.6 is 0 Å². The van der Waals surface area contributed by atoms with Crippen LogP contribution in [-0.4, -0.2) is 54.4 Å². The Balaban J connectivity index is 2.10. The maximum absolute atomic E-state index is 12.1. The van der Waals surface area contributed by atoms with Crippen LogP contribution in [0.2, 0.25) is 0 Å². The molecule has 2 rings (SSSR count). The van der Waals surface area contributed by atoms with Crippen LogP contribution in [0.25, 0.3) is 0 Å². The second-order valence-electron chi connectivity index (χ2n) is 6.10. The summed E-state index contributed by atoms with van der Waals surface area (Å²) in [6, 6.07) is -0.382. The third-order valence-corrected chi connectivity index (χ3v) is 6.35. The molecular weight excluding hydrogens is 282 g/mol. The summed E-state index contributed by atoms with van der Waals surface area (Å²) in [7, 11) is -2.98. The topological polar surface area (TPSA) is 91.8 Å². The molecule has 0 aromatic heterocycles. The van der Waals surface area contributed by atoms with Crippen molar-refractivity contribution in [3.63, 3.8) is 0 Å². The number of rotatable bonds is 3. The number of hydrogen-bond donors (Lipinski definition) is 1. The Kier molecular flexibility index (Phi) is 4.09. The molecule has 2 heterocycles. The third kappa shape index (κ3) is 2.97. The highest BCUT2D eigenvalue weighted by Gasteiger charge is 2.43. The first kappa shape index (κ1) is 15.3. The third-order valence-electron chi connectivity index (χ3n) is 4.51. The van der Waals surface area contributed by atoms with E-state index in [4.69, 9.17) is 0 Å². The van der Waals surface area contributed by atoms with Gasteiger partial charge in [-0.2, -0.15) is 0 Å². The van der Waals surface area contributed by atoms with Crippen LogP contribution in [0, 0.1) is 17.8 Å². The molecular formula is C13H21NO5S. The van der Waals surface area contributed by atoms with Crippen molar-refractivity contribution in [3.8, 4) is 0 Å². The van der Waals surface area contributed by atoms with Crippen molar-refractivity contribution in [1.82, 2.24) is 4.90 Å². The van der Waals surface area contributed by atoms with Gasteiger partial charge in [0.1, 0.15) is 0 Å². The number of likely N-dealkylation sites (tertiary alicyclic amines) is 1. The van der Waals surface area contributed by atoms with Gasteiger partial charge in [0.25, 0.3) is 0 Å². The lowest BCUT2D eigenvalue weighted by Crippen LogP contribution is -2.54. The molecule has 2 fully saturated rings. The predicted octanol–water partition coefficient (Wildman–Crippen LogP) is 0.379. The van der Waals surface area contributed by atoms with Crippen molar-refractivity contribution < 1.29 is 23.1 Å². The molecule has 4 atom stereocenters. The van der Waals surface area contributed by atoms with Crippen LogP contribution in [0.5, 0.6) is 0 Å². The Bertz CT molecular complexity index is 515. The summed E-state index contributed by atoms with van der Waals surface area (Å²) in [6.45, 7) is 3.89. The van der Waals surface area contributed by atoms with E-state index in [-0.39, 0.29) is 41.7 Å². The zero-order valence-electron chi connectivity index (χ0n) is 11.8. The van der Waals surface area contributed by atoms with Crippen molar-refractivity contribution in [3.05, 3.63) is 0 Å². The molecule has 0 aromatic rings. The van der Waals surface area contributed by atoms with Gasteiger partial charge in [-0.3, -0.25) is 9.59 Å². The molecule has 20 heavy (non-hydrogen) atoms. The quantitative estimate of drug-likeness (QED) is 0.813. The second-order valence-corrected chi connectivity index (χ2v) is 8.33. The zero-order valence-corrected chi connectivity index (χ0v) is 12.6. The molecule has 2 aliphatic rings. The normalized spacial score (nSPS) is 37.1. The summed E-state index contributed by atoms with van der Waals surface area (Å²) in [4.78, 5) is 25.0. The van der Waals surface area contributed by atoms with Crippen molar-refractivity contribution in [2.75, 3.05) is 18.1 Å². The molecule has 6 nitrogen and oxygen atoms in total. The van der Waals surface area contributed by atoms with Crippen LogP contribution in [-0.2, 0) is 19.4 Å². The van der Waals surface area contributed by atoms with E-state index in [0.717, 1.165) is 0 Å². The number of carboxylic acids is 1. The Morgan fingerprint density at radius 2 is 2.05 bits per heavy atom. The van der Waals surface area contributed by atoms with E-state index >= 15 is 0 Å². The first-order valence-corrected chi connectivity index (χ1v) is 8.76. The summed E-state index contributed by atoms with van der Waals surface area (Å²) in [5.74, 6) is -1.49. The molecule has 0 radical (unpaired) electrons. The van der Waals surface area contributed by atoms with Gasteiger partial charge in [0.05, 0.1) is 17.4 Å². The second kappa shape index (κ2) is 5.35. The molecule has 0 aromatic carbocycles. The van der Waals surface area contributed by atoms with E-state index in [1.54, 1.807) is 18.7 Å². The minimum absolute atomic E-state index is 0.0609. The zero-order chi connectivity index (χ0) is 15.1. The molecule has 7 heteroatoms. The molecule has 114 valence electrons. The van der Waals surface area contributed by atoms with Crippen LogP contribution < -0.4 is 0 Å². The Labute approximate surface area is 119 Å². The fraction of sp³-hybridized carbons (Fsp3) is 0.846. The van der Waals surface area contributed by atoms with Crippen LogP contribution in [0.4, 0.5) is 0 Å². The lowest BCUT2D eigenvalue weighted by Gasteiger charge is -2.41. The highest BCUT2D eigenvalue weighted by Crippen LogP contribution is 2.32. The molecule has 1 N–H and O–H groups in total. The van der Waals surface area contributed by atoms with Crippen molar-refractivity contribution >= 4 is 21.7 Å². The van der Waals surface area contributed by atoms with Gasteiger partial charge in [-0.25, -0.2) is 8.42 Å². The Morgan fingerprint density at radius 3 is 2.55 bits per heavy atom. The fourth-order valence-corrected chi connectivity index (χ4v) is 5.28. The highest BCUT2D eigenvalue weighted by atomic mass is 32.2. The van der Waals surface area contributed by atoms with E-state index in [1.165, 1.54) is 0 Å². The van der Waals surface area contributed by atoms with Crippen molar-refractivity contribution in [1.29, 1.82) is 0 Å². The van der Waals surface area contributed by atoms with Crippen LogP contribution in [0.15, 0.2) is 0 Å². The van der Waals surface area contributed by atoms with E-state index in [2.05, 4.69) is 0 Å². The largest absolute Gasteiger partial charge is 0.481 e. The van der Waals surface area contributed by atoms with Gasteiger partial charge in [-0.15, -0.1) is 0 Å². The lowest BCUT2D eigenvalue weighted by molar-refractivity contribution is -0.155.